The summed E-state index contributed by atoms with van der Waals surface area (Å²) in [5.41, 5.74) is 4.17. The lowest BCUT2D eigenvalue weighted by molar-refractivity contribution is 0.306. The van der Waals surface area contributed by atoms with Crippen LogP contribution in [0.4, 0.5) is 0 Å². The van der Waals surface area contributed by atoms with Crippen molar-refractivity contribution in [2.75, 3.05) is 0 Å². The molecule has 34 heavy (non-hydrogen) atoms. The number of rotatable bonds is 5. The first-order chi connectivity index (χ1) is 16.5. The Bertz CT molecular complexity index is 1580. The Labute approximate surface area is 201 Å². The van der Waals surface area contributed by atoms with E-state index in [0.717, 1.165) is 39.3 Å². The van der Waals surface area contributed by atoms with E-state index in [0.29, 0.717) is 21.5 Å². The van der Waals surface area contributed by atoms with E-state index in [1.165, 1.54) is 4.57 Å². The zero-order valence-corrected chi connectivity index (χ0v) is 19.6. The maximum Gasteiger partial charge on any atom is 0.273 e. The van der Waals surface area contributed by atoms with Crippen molar-refractivity contribution in [3.8, 4) is 23.6 Å². The number of nitriles is 2. The molecular formula is C28H21N3O2S. The second kappa shape index (κ2) is 10.0. The fraction of sp³-hybridized carbons (Fsp3) is 0.107. The summed E-state index contributed by atoms with van der Waals surface area (Å²) in [6.07, 6.45) is 1.77. The summed E-state index contributed by atoms with van der Waals surface area (Å²) in [5, 5.41) is 19.0. The van der Waals surface area contributed by atoms with Crippen LogP contribution in [-0.2, 0) is 6.61 Å². The van der Waals surface area contributed by atoms with Gasteiger partial charge in [0.1, 0.15) is 29.2 Å². The summed E-state index contributed by atoms with van der Waals surface area (Å²) in [5.74, 6) is 0.727. The molecule has 0 N–H and O–H groups in total. The molecule has 0 saturated carbocycles. The van der Waals surface area contributed by atoms with Crippen LogP contribution in [0.25, 0.3) is 17.3 Å². The third-order valence-corrected chi connectivity index (χ3v) is 6.37. The molecule has 166 valence electrons. The maximum atomic E-state index is 13.4. The predicted molar refractivity (Wildman–Crippen MR) is 134 cm³/mol. The minimum atomic E-state index is -0.264. The Balaban J connectivity index is 1.74. The van der Waals surface area contributed by atoms with Gasteiger partial charge in [-0.1, -0.05) is 60.2 Å². The molecular weight excluding hydrogens is 442 g/mol. The van der Waals surface area contributed by atoms with Crippen molar-refractivity contribution in [3.63, 3.8) is 0 Å². The van der Waals surface area contributed by atoms with Crippen LogP contribution in [0.1, 0.15) is 22.3 Å². The van der Waals surface area contributed by atoms with E-state index in [1.54, 1.807) is 6.08 Å². The predicted octanol–water partition coefficient (Wildman–Crippen LogP) is 4.12. The highest BCUT2D eigenvalue weighted by Gasteiger charge is 2.13. The smallest absolute Gasteiger partial charge is 0.273 e. The van der Waals surface area contributed by atoms with Gasteiger partial charge in [-0.3, -0.25) is 9.36 Å². The van der Waals surface area contributed by atoms with Crippen molar-refractivity contribution >= 4 is 23.0 Å². The largest absolute Gasteiger partial charge is 0.489 e. The molecule has 0 unspecified atom stereocenters. The third-order valence-electron chi connectivity index (χ3n) is 5.28. The molecule has 6 heteroatoms. The van der Waals surface area contributed by atoms with E-state index < -0.39 is 0 Å². The van der Waals surface area contributed by atoms with Crippen LogP contribution in [0.2, 0.25) is 0 Å². The molecule has 0 aliphatic rings. The number of aryl methyl sites for hydroxylation is 2. The minimum Gasteiger partial charge on any atom is -0.489 e. The number of benzene rings is 3. The molecule has 0 aliphatic carbocycles. The highest BCUT2D eigenvalue weighted by molar-refractivity contribution is 7.07. The second-order valence-corrected chi connectivity index (χ2v) is 8.82. The second-order valence-electron chi connectivity index (χ2n) is 7.79. The van der Waals surface area contributed by atoms with E-state index in [2.05, 4.69) is 0 Å². The Morgan fingerprint density at radius 2 is 1.71 bits per heavy atom. The van der Waals surface area contributed by atoms with Crippen LogP contribution >= 0.6 is 11.3 Å². The van der Waals surface area contributed by atoms with Crippen LogP contribution in [0.15, 0.2) is 77.6 Å². The van der Waals surface area contributed by atoms with E-state index in [1.807, 2.05) is 98.8 Å². The standard InChI is InChI=1S/C28H21N3O2S/c1-19-8-13-25(20(2)14-19)31-27(32)26(34-28(31)23(16-29)17-30)15-21-9-11-24(12-10-21)33-18-22-6-4-3-5-7-22/h3-15H,18H2,1-2H3/b26-15+. The monoisotopic (exact) mass is 463 g/mol. The van der Waals surface area contributed by atoms with E-state index in [4.69, 9.17) is 4.74 Å². The summed E-state index contributed by atoms with van der Waals surface area (Å²) in [6.45, 7) is 4.36. The van der Waals surface area contributed by atoms with Crippen LogP contribution in [0.5, 0.6) is 5.75 Å². The quantitative estimate of drug-likeness (QED) is 0.446. The summed E-state index contributed by atoms with van der Waals surface area (Å²) >= 11 is 1.14. The summed E-state index contributed by atoms with van der Waals surface area (Å²) in [4.78, 5) is 13.4. The highest BCUT2D eigenvalue weighted by Crippen LogP contribution is 2.15. The zero-order valence-electron chi connectivity index (χ0n) is 18.8. The van der Waals surface area contributed by atoms with Gasteiger partial charge in [0.25, 0.3) is 5.56 Å². The molecule has 1 aromatic heterocycles. The van der Waals surface area contributed by atoms with Crippen LogP contribution < -0.4 is 19.5 Å². The van der Waals surface area contributed by atoms with Crippen molar-refractivity contribution in [1.82, 2.24) is 4.57 Å². The van der Waals surface area contributed by atoms with E-state index >= 15 is 0 Å². The van der Waals surface area contributed by atoms with Crippen molar-refractivity contribution in [2.24, 2.45) is 0 Å². The molecule has 0 radical (unpaired) electrons. The summed E-state index contributed by atoms with van der Waals surface area (Å²) in [6, 6.07) is 26.9. The molecule has 0 spiro atoms. The van der Waals surface area contributed by atoms with Gasteiger partial charge < -0.3 is 4.74 Å². The van der Waals surface area contributed by atoms with Gasteiger partial charge in [-0.05, 0) is 54.8 Å². The van der Waals surface area contributed by atoms with Crippen LogP contribution in [0, 0.1) is 36.5 Å². The SMILES string of the molecule is Cc1ccc(-n2c(=C(C#N)C#N)s/c(=C/c3ccc(OCc4ccccc4)cc3)c2=O)c(C)c1. The molecule has 0 atom stereocenters. The first kappa shape index (κ1) is 22.8. The molecule has 0 amide bonds. The summed E-state index contributed by atoms with van der Waals surface area (Å²) in [7, 11) is 0. The summed E-state index contributed by atoms with van der Waals surface area (Å²) < 4.78 is 8.07. The number of hydrogen-bond donors (Lipinski definition) is 0. The Morgan fingerprint density at radius 3 is 2.35 bits per heavy atom. The van der Waals surface area contributed by atoms with Gasteiger partial charge in [0.2, 0.25) is 0 Å². The number of aromatic nitrogens is 1. The van der Waals surface area contributed by atoms with Crippen molar-refractivity contribution in [1.29, 1.82) is 10.5 Å². The molecule has 4 aromatic rings. The van der Waals surface area contributed by atoms with Crippen molar-refractivity contribution < 1.29 is 4.74 Å². The van der Waals surface area contributed by atoms with Crippen molar-refractivity contribution in [2.45, 2.75) is 20.5 Å². The fourth-order valence-corrected chi connectivity index (χ4v) is 4.65. The molecule has 0 fully saturated rings. The molecule has 0 bridgehead atoms. The molecule has 0 aliphatic heterocycles. The van der Waals surface area contributed by atoms with Crippen LogP contribution in [0.3, 0.4) is 0 Å². The first-order valence-corrected chi connectivity index (χ1v) is 11.4. The average molecular weight is 464 g/mol. The highest BCUT2D eigenvalue weighted by atomic mass is 32.1. The van der Waals surface area contributed by atoms with Gasteiger partial charge in [0.05, 0.1) is 10.2 Å². The average Bonchev–Trinajstić information content (AvgIpc) is 3.15. The Hall–Kier alpha value is -4.39. The number of ether oxygens (including phenoxy) is 1. The van der Waals surface area contributed by atoms with Gasteiger partial charge in [-0.15, -0.1) is 11.3 Å². The zero-order chi connectivity index (χ0) is 24.1. The molecule has 1 heterocycles. The maximum absolute atomic E-state index is 13.4. The number of hydrogen-bond acceptors (Lipinski definition) is 5. The number of nitrogens with zero attached hydrogens (tertiary/aromatic N) is 3. The third kappa shape index (κ3) is 4.83. The van der Waals surface area contributed by atoms with Crippen molar-refractivity contribution in [3.05, 3.63) is 115 Å². The van der Waals surface area contributed by atoms with Gasteiger partial charge in [-0.2, -0.15) is 10.5 Å². The molecule has 4 rings (SSSR count). The van der Waals surface area contributed by atoms with E-state index in [-0.39, 0.29) is 11.1 Å². The fourth-order valence-electron chi connectivity index (χ4n) is 3.60. The van der Waals surface area contributed by atoms with Gasteiger partial charge >= 0.3 is 0 Å². The Kier molecular flexibility index (Phi) is 6.73. The first-order valence-electron chi connectivity index (χ1n) is 10.6. The molecule has 3 aromatic carbocycles. The molecule has 0 saturated heterocycles. The van der Waals surface area contributed by atoms with Gasteiger partial charge in [0.15, 0.2) is 5.57 Å². The normalized spacial score (nSPS) is 11.0. The topological polar surface area (TPSA) is 78.8 Å². The van der Waals surface area contributed by atoms with Crippen LogP contribution in [-0.4, -0.2) is 4.57 Å². The van der Waals surface area contributed by atoms with E-state index in [9.17, 15) is 15.3 Å². The minimum absolute atomic E-state index is 0.0913. The van der Waals surface area contributed by atoms with Gasteiger partial charge in [-0.25, -0.2) is 0 Å². The van der Waals surface area contributed by atoms with Gasteiger partial charge in [0, 0.05) is 0 Å². The number of thiazole rings is 1. The lowest BCUT2D eigenvalue weighted by Crippen LogP contribution is -2.31. The molecule has 5 nitrogen and oxygen atoms in total. The lowest BCUT2D eigenvalue weighted by atomic mass is 10.1. The Morgan fingerprint density at radius 1 is 1.00 bits per heavy atom. The lowest BCUT2D eigenvalue weighted by Gasteiger charge is -2.07.